The molecule has 2 rings (SSSR count). The van der Waals surface area contributed by atoms with Crippen LogP contribution < -0.4 is 14.8 Å². The number of rotatable bonds is 1. The van der Waals surface area contributed by atoms with Gasteiger partial charge in [0.05, 0.1) is 9.20 Å². The lowest BCUT2D eigenvalue weighted by Gasteiger charge is -1.99. The molecule has 0 aliphatic rings. The van der Waals surface area contributed by atoms with Gasteiger partial charge in [0.1, 0.15) is 5.75 Å². The summed E-state index contributed by atoms with van der Waals surface area (Å²) < 4.78 is 1.16. The molecule has 0 atom stereocenters. The molecule has 1 aromatic heterocycles. The maximum Gasteiger partial charge on any atom is 0.266 e. The van der Waals surface area contributed by atoms with E-state index in [1.54, 1.807) is 12.1 Å². The van der Waals surface area contributed by atoms with E-state index >= 15 is 0 Å². The number of aryl methyl sites for hydroxylation is 1. The maximum absolute atomic E-state index is 11.4. The van der Waals surface area contributed by atoms with Crippen molar-refractivity contribution in [1.82, 2.24) is 4.98 Å². The summed E-state index contributed by atoms with van der Waals surface area (Å²) >= 11 is 1.28. The summed E-state index contributed by atoms with van der Waals surface area (Å²) in [5.41, 5.74) is 1.51. The number of H-pyrrole nitrogens is 1. The average Bonchev–Trinajstić information content (AvgIpc) is 2.51. The standard InChI is InChI=1S/C12H11NO2S/c1-7-3-4-10(14)9(5-7)6-11-12(15)13-8(2)16-11/h3-6,14H,2H2,1H3,(H,13,15)/b11-6-. The molecule has 82 valence electrons. The molecule has 3 nitrogen and oxygen atoms in total. The SMILES string of the molecule is C=c1[nH]c(=O)/c(=C/c2cc(C)ccc2O)s1. The fourth-order valence-corrected chi connectivity index (χ4v) is 2.16. The second-order valence-electron chi connectivity index (χ2n) is 3.55. The smallest absolute Gasteiger partial charge is 0.266 e. The van der Waals surface area contributed by atoms with E-state index in [1.165, 1.54) is 11.3 Å². The number of hydrogen-bond acceptors (Lipinski definition) is 3. The lowest BCUT2D eigenvalue weighted by Crippen LogP contribution is -2.19. The summed E-state index contributed by atoms with van der Waals surface area (Å²) in [7, 11) is 0. The number of aromatic hydroxyl groups is 1. The Bertz CT molecular complexity index is 682. The number of aromatic nitrogens is 1. The van der Waals surface area contributed by atoms with E-state index in [9.17, 15) is 9.90 Å². The number of benzene rings is 1. The van der Waals surface area contributed by atoms with E-state index in [2.05, 4.69) is 11.6 Å². The van der Waals surface area contributed by atoms with Gasteiger partial charge in [0.2, 0.25) is 0 Å². The Morgan fingerprint density at radius 2 is 2.25 bits per heavy atom. The highest BCUT2D eigenvalue weighted by atomic mass is 32.1. The number of nitrogens with one attached hydrogen (secondary N) is 1. The Kier molecular flexibility index (Phi) is 2.66. The fraction of sp³-hybridized carbons (Fsp3) is 0.0833. The van der Waals surface area contributed by atoms with Gasteiger partial charge in [-0.1, -0.05) is 18.2 Å². The van der Waals surface area contributed by atoms with E-state index in [-0.39, 0.29) is 11.3 Å². The van der Waals surface area contributed by atoms with Crippen LogP contribution in [-0.4, -0.2) is 10.1 Å². The molecule has 0 spiro atoms. The molecule has 4 heteroatoms. The molecule has 0 amide bonds. The van der Waals surface area contributed by atoms with E-state index < -0.39 is 0 Å². The Labute approximate surface area is 96.0 Å². The van der Waals surface area contributed by atoms with E-state index in [4.69, 9.17) is 0 Å². The molecule has 0 unspecified atom stereocenters. The van der Waals surface area contributed by atoms with Crippen LogP contribution in [0.4, 0.5) is 0 Å². The van der Waals surface area contributed by atoms with Crippen LogP contribution in [0.5, 0.6) is 5.75 Å². The molecule has 2 aromatic rings. The molecule has 2 N–H and O–H groups in total. The van der Waals surface area contributed by atoms with Crippen LogP contribution in [-0.2, 0) is 0 Å². The highest BCUT2D eigenvalue weighted by Gasteiger charge is 1.99. The Morgan fingerprint density at radius 3 is 2.88 bits per heavy atom. The van der Waals surface area contributed by atoms with Gasteiger partial charge in [0, 0.05) is 5.56 Å². The highest BCUT2D eigenvalue weighted by molar-refractivity contribution is 7.07. The number of phenols is 1. The van der Waals surface area contributed by atoms with Crippen molar-refractivity contribution in [2.45, 2.75) is 6.92 Å². The molecule has 0 saturated carbocycles. The molecular formula is C12H11NO2S. The highest BCUT2D eigenvalue weighted by Crippen LogP contribution is 2.18. The average molecular weight is 233 g/mol. The van der Waals surface area contributed by atoms with Crippen molar-refractivity contribution in [3.8, 4) is 5.75 Å². The first kappa shape index (κ1) is 10.7. The van der Waals surface area contributed by atoms with Gasteiger partial charge in [-0.25, -0.2) is 0 Å². The molecule has 1 aromatic carbocycles. The first-order chi connectivity index (χ1) is 7.56. The second-order valence-corrected chi connectivity index (χ2v) is 4.69. The monoisotopic (exact) mass is 233 g/mol. The molecule has 16 heavy (non-hydrogen) atoms. The number of phenolic OH excluding ortho intramolecular Hbond substituents is 1. The number of aromatic amines is 1. The van der Waals surface area contributed by atoms with Crippen LogP contribution in [0.15, 0.2) is 23.0 Å². The van der Waals surface area contributed by atoms with Crippen LogP contribution >= 0.6 is 11.3 Å². The third-order valence-corrected chi connectivity index (χ3v) is 3.05. The molecule has 1 heterocycles. The van der Waals surface area contributed by atoms with Crippen molar-refractivity contribution in [1.29, 1.82) is 0 Å². The van der Waals surface area contributed by atoms with Gasteiger partial charge in [-0.15, -0.1) is 11.3 Å². The molecule has 0 aliphatic carbocycles. The molecule has 0 radical (unpaired) electrons. The summed E-state index contributed by atoms with van der Waals surface area (Å²) in [5, 5.41) is 9.64. The van der Waals surface area contributed by atoms with Crippen LogP contribution in [0.2, 0.25) is 0 Å². The van der Waals surface area contributed by atoms with Crippen molar-refractivity contribution >= 4 is 24.0 Å². The Hall–Kier alpha value is -1.81. The van der Waals surface area contributed by atoms with Crippen molar-refractivity contribution in [3.63, 3.8) is 0 Å². The summed E-state index contributed by atoms with van der Waals surface area (Å²) in [6.45, 7) is 5.60. The minimum atomic E-state index is -0.170. The van der Waals surface area contributed by atoms with Crippen molar-refractivity contribution in [2.75, 3.05) is 0 Å². The van der Waals surface area contributed by atoms with E-state index in [0.29, 0.717) is 14.8 Å². The van der Waals surface area contributed by atoms with E-state index in [0.717, 1.165) is 5.56 Å². The van der Waals surface area contributed by atoms with Crippen LogP contribution in [0, 0.1) is 6.92 Å². The fourth-order valence-electron chi connectivity index (χ4n) is 1.42. The third-order valence-electron chi connectivity index (χ3n) is 2.18. The second kappa shape index (κ2) is 3.98. The molecule has 0 bridgehead atoms. The van der Waals surface area contributed by atoms with Gasteiger partial charge in [-0.2, -0.15) is 0 Å². The Morgan fingerprint density at radius 1 is 1.50 bits per heavy atom. The lowest BCUT2D eigenvalue weighted by molar-refractivity contribution is 0.474. The summed E-state index contributed by atoms with van der Waals surface area (Å²) in [4.78, 5) is 14.0. The topological polar surface area (TPSA) is 53.1 Å². The lowest BCUT2D eigenvalue weighted by atomic mass is 10.1. The van der Waals surface area contributed by atoms with Crippen LogP contribution in [0.1, 0.15) is 11.1 Å². The van der Waals surface area contributed by atoms with Gasteiger partial charge in [0.25, 0.3) is 5.56 Å². The summed E-state index contributed by atoms with van der Waals surface area (Å²) in [6.07, 6.45) is 1.67. The number of hydrogen-bond donors (Lipinski definition) is 2. The summed E-state index contributed by atoms with van der Waals surface area (Å²) in [5.74, 6) is 0.170. The van der Waals surface area contributed by atoms with Gasteiger partial charge in [-0.3, -0.25) is 4.79 Å². The van der Waals surface area contributed by atoms with Crippen LogP contribution in [0.25, 0.3) is 12.7 Å². The molecular weight excluding hydrogens is 222 g/mol. The molecule has 0 aliphatic heterocycles. The van der Waals surface area contributed by atoms with Crippen molar-refractivity contribution < 1.29 is 5.11 Å². The molecule has 0 saturated heterocycles. The normalized spacial score (nSPS) is 11.9. The molecule has 0 fully saturated rings. The van der Waals surface area contributed by atoms with Crippen molar-refractivity contribution in [3.05, 3.63) is 48.9 Å². The zero-order chi connectivity index (χ0) is 11.7. The van der Waals surface area contributed by atoms with Gasteiger partial charge >= 0.3 is 0 Å². The minimum absolute atomic E-state index is 0.170. The summed E-state index contributed by atoms with van der Waals surface area (Å²) in [6, 6.07) is 5.27. The first-order valence-corrected chi connectivity index (χ1v) is 5.57. The van der Waals surface area contributed by atoms with Gasteiger partial charge in [-0.05, 0) is 25.1 Å². The zero-order valence-electron chi connectivity index (χ0n) is 8.78. The Balaban J connectivity index is 2.67. The van der Waals surface area contributed by atoms with Crippen molar-refractivity contribution in [2.24, 2.45) is 0 Å². The predicted octanol–water partition coefficient (Wildman–Crippen LogP) is 0.690. The third kappa shape index (κ3) is 2.06. The first-order valence-electron chi connectivity index (χ1n) is 4.75. The predicted molar refractivity (Wildman–Crippen MR) is 66.1 cm³/mol. The van der Waals surface area contributed by atoms with Crippen LogP contribution in [0.3, 0.4) is 0 Å². The largest absolute Gasteiger partial charge is 0.507 e. The number of thiazole rings is 1. The minimum Gasteiger partial charge on any atom is -0.507 e. The van der Waals surface area contributed by atoms with Gasteiger partial charge in [0.15, 0.2) is 0 Å². The van der Waals surface area contributed by atoms with E-state index in [1.807, 2.05) is 19.1 Å². The van der Waals surface area contributed by atoms with Gasteiger partial charge < -0.3 is 10.1 Å². The zero-order valence-corrected chi connectivity index (χ0v) is 9.60. The maximum atomic E-state index is 11.4. The quantitative estimate of drug-likeness (QED) is 0.761.